The van der Waals surface area contributed by atoms with Crippen LogP contribution in [0.2, 0.25) is 0 Å². The van der Waals surface area contributed by atoms with E-state index in [2.05, 4.69) is 5.32 Å². The summed E-state index contributed by atoms with van der Waals surface area (Å²) in [4.78, 5) is 22.7. The van der Waals surface area contributed by atoms with E-state index < -0.39 is 40.2 Å². The monoisotopic (exact) mass is 306 g/mol. The molecule has 1 fully saturated rings. The third-order valence-corrected chi connectivity index (χ3v) is 3.07. The number of hydrogen-bond donors (Lipinski definition) is 2. The van der Waals surface area contributed by atoms with Crippen LogP contribution in [0.3, 0.4) is 0 Å². The van der Waals surface area contributed by atoms with Gasteiger partial charge in [-0.25, -0.2) is 4.79 Å². The Morgan fingerprint density at radius 2 is 2.25 bits per heavy atom. The summed E-state index contributed by atoms with van der Waals surface area (Å²) in [5.41, 5.74) is 5.57. The molecule has 0 aromatic rings. The molecule has 0 saturated carbocycles. The van der Waals surface area contributed by atoms with Crippen molar-refractivity contribution in [1.82, 2.24) is 5.32 Å². The largest absolute Gasteiger partial charge is 0.464 e. The summed E-state index contributed by atoms with van der Waals surface area (Å²) in [6.07, 6.45) is 2.68. The molecule has 8 nitrogen and oxygen atoms in total. The summed E-state index contributed by atoms with van der Waals surface area (Å²) < 4.78 is 31.5. The van der Waals surface area contributed by atoms with Crippen molar-refractivity contribution in [2.24, 2.45) is 5.73 Å². The van der Waals surface area contributed by atoms with Crippen molar-refractivity contribution in [2.75, 3.05) is 12.9 Å². The van der Waals surface area contributed by atoms with Gasteiger partial charge in [0.2, 0.25) is 5.91 Å². The van der Waals surface area contributed by atoms with Crippen LogP contribution in [0.5, 0.6) is 0 Å². The third-order valence-electron chi connectivity index (χ3n) is 2.49. The summed E-state index contributed by atoms with van der Waals surface area (Å²) in [6, 6.07) is -1.29. The highest BCUT2D eigenvalue weighted by atomic mass is 32.2. The van der Waals surface area contributed by atoms with E-state index in [0.717, 1.165) is 12.3 Å². The van der Waals surface area contributed by atoms with Crippen LogP contribution in [0.25, 0.3) is 0 Å². The Balaban J connectivity index is 2.58. The molecule has 1 heterocycles. The zero-order chi connectivity index (χ0) is 15.3. The third kappa shape index (κ3) is 5.68. The van der Waals surface area contributed by atoms with Gasteiger partial charge in [0.15, 0.2) is 0 Å². The van der Waals surface area contributed by atoms with E-state index in [1.165, 1.54) is 6.08 Å². The maximum absolute atomic E-state index is 11.6. The first kappa shape index (κ1) is 16.6. The molecule has 3 N–H and O–H groups in total. The lowest BCUT2D eigenvalue weighted by molar-refractivity contribution is -0.140. The van der Waals surface area contributed by atoms with Crippen molar-refractivity contribution in [3.63, 3.8) is 0 Å². The van der Waals surface area contributed by atoms with E-state index in [9.17, 15) is 18.0 Å². The van der Waals surface area contributed by atoms with Gasteiger partial charge in [-0.2, -0.15) is 8.42 Å². The standard InChI is InChI=1S/C11H18N2O6S/c1-7(12)9(19-20(2,16)17)3-4-10(14)13-8-5-6-18-11(8)15/h3-4,7-9H,5-6,12H2,1-2H3,(H,13,14)/b4-3+/t7-,8?,9?/m0/s1. The van der Waals surface area contributed by atoms with Gasteiger partial charge in [0, 0.05) is 18.5 Å². The van der Waals surface area contributed by atoms with Crippen LogP contribution in [0.4, 0.5) is 0 Å². The van der Waals surface area contributed by atoms with E-state index in [-0.39, 0.29) is 6.61 Å². The molecule has 1 saturated heterocycles. The minimum atomic E-state index is -3.68. The number of nitrogens with one attached hydrogen (secondary N) is 1. The fraction of sp³-hybridized carbons (Fsp3) is 0.636. The van der Waals surface area contributed by atoms with Crippen LogP contribution in [-0.2, 0) is 28.6 Å². The topological polar surface area (TPSA) is 125 Å². The Labute approximate surface area is 117 Å². The first-order valence-electron chi connectivity index (χ1n) is 5.98. The molecule has 0 radical (unpaired) electrons. The molecule has 0 aromatic heterocycles. The van der Waals surface area contributed by atoms with Gasteiger partial charge in [0.05, 0.1) is 12.9 Å². The molecule has 1 rings (SSSR count). The van der Waals surface area contributed by atoms with Crippen LogP contribution < -0.4 is 11.1 Å². The Morgan fingerprint density at radius 1 is 1.60 bits per heavy atom. The molecule has 1 amide bonds. The lowest BCUT2D eigenvalue weighted by Gasteiger charge is -2.15. The number of carbonyl (C=O) groups excluding carboxylic acids is 2. The lowest BCUT2D eigenvalue weighted by Crippen LogP contribution is -2.38. The first-order valence-corrected chi connectivity index (χ1v) is 7.80. The van der Waals surface area contributed by atoms with Gasteiger partial charge in [0.25, 0.3) is 10.1 Å². The van der Waals surface area contributed by atoms with Crippen LogP contribution in [0.15, 0.2) is 12.2 Å². The predicted octanol–water partition coefficient (Wildman–Crippen LogP) is -1.33. The van der Waals surface area contributed by atoms with Gasteiger partial charge in [-0.1, -0.05) is 0 Å². The molecule has 20 heavy (non-hydrogen) atoms. The SMILES string of the molecule is C[C@H](N)C(/C=C/C(=O)NC1CCOC1=O)OS(C)(=O)=O. The van der Waals surface area contributed by atoms with Crippen LogP contribution in [0, 0.1) is 0 Å². The van der Waals surface area contributed by atoms with Gasteiger partial charge in [-0.15, -0.1) is 0 Å². The van der Waals surface area contributed by atoms with Crippen LogP contribution in [-0.4, -0.2) is 51.3 Å². The van der Waals surface area contributed by atoms with Gasteiger partial charge in [0.1, 0.15) is 12.1 Å². The van der Waals surface area contributed by atoms with Crippen LogP contribution in [0.1, 0.15) is 13.3 Å². The maximum atomic E-state index is 11.6. The Hall–Kier alpha value is -1.45. The van der Waals surface area contributed by atoms with E-state index in [1.807, 2.05) is 0 Å². The average molecular weight is 306 g/mol. The second kappa shape index (κ2) is 6.82. The Kier molecular flexibility index (Phi) is 5.66. The van der Waals surface area contributed by atoms with Crippen molar-refractivity contribution in [3.05, 3.63) is 12.2 Å². The summed E-state index contributed by atoms with van der Waals surface area (Å²) >= 11 is 0. The van der Waals surface area contributed by atoms with E-state index in [4.69, 9.17) is 14.7 Å². The predicted molar refractivity (Wildman–Crippen MR) is 70.0 cm³/mol. The molecule has 1 aliphatic heterocycles. The summed E-state index contributed by atoms with van der Waals surface area (Å²) in [5.74, 6) is -1.03. The highest BCUT2D eigenvalue weighted by Crippen LogP contribution is 2.06. The van der Waals surface area contributed by atoms with Gasteiger partial charge in [-0.05, 0) is 13.0 Å². The molecule has 2 unspecified atom stereocenters. The molecule has 0 aliphatic carbocycles. The highest BCUT2D eigenvalue weighted by Gasteiger charge is 2.27. The van der Waals surface area contributed by atoms with E-state index in [1.54, 1.807) is 6.92 Å². The smallest absolute Gasteiger partial charge is 0.328 e. The number of esters is 1. The molecule has 114 valence electrons. The second-order valence-corrected chi connectivity index (χ2v) is 6.10. The Morgan fingerprint density at radius 3 is 2.70 bits per heavy atom. The number of carbonyl (C=O) groups is 2. The molecule has 3 atom stereocenters. The van der Waals surface area contributed by atoms with Crippen molar-refractivity contribution in [3.8, 4) is 0 Å². The summed E-state index contributed by atoms with van der Waals surface area (Å²) in [6.45, 7) is 1.82. The number of ether oxygens (including phenoxy) is 1. The molecular formula is C11H18N2O6S. The van der Waals surface area contributed by atoms with E-state index >= 15 is 0 Å². The zero-order valence-electron chi connectivity index (χ0n) is 11.2. The van der Waals surface area contributed by atoms with Gasteiger partial charge >= 0.3 is 5.97 Å². The number of cyclic esters (lactones) is 1. The lowest BCUT2D eigenvalue weighted by atomic mass is 10.2. The maximum Gasteiger partial charge on any atom is 0.328 e. The quantitative estimate of drug-likeness (QED) is 0.354. The average Bonchev–Trinajstić information content (AvgIpc) is 2.68. The summed E-state index contributed by atoms with van der Waals surface area (Å²) in [5, 5.41) is 2.44. The van der Waals surface area contributed by atoms with Crippen molar-refractivity contribution < 1.29 is 26.9 Å². The second-order valence-electron chi connectivity index (χ2n) is 4.50. The summed E-state index contributed by atoms with van der Waals surface area (Å²) in [7, 11) is -3.68. The highest BCUT2D eigenvalue weighted by molar-refractivity contribution is 7.86. The van der Waals surface area contributed by atoms with Crippen molar-refractivity contribution >= 4 is 22.0 Å². The molecule has 0 spiro atoms. The number of nitrogens with two attached hydrogens (primary N) is 1. The number of amides is 1. The van der Waals surface area contributed by atoms with Gasteiger partial charge < -0.3 is 15.8 Å². The van der Waals surface area contributed by atoms with Crippen molar-refractivity contribution in [2.45, 2.75) is 31.5 Å². The number of hydrogen-bond acceptors (Lipinski definition) is 7. The first-order chi connectivity index (χ1) is 9.19. The molecule has 9 heteroatoms. The molecule has 0 aromatic carbocycles. The van der Waals surface area contributed by atoms with E-state index in [0.29, 0.717) is 6.42 Å². The Bertz CT molecular complexity index is 499. The minimum Gasteiger partial charge on any atom is -0.464 e. The fourth-order valence-electron chi connectivity index (χ4n) is 1.53. The van der Waals surface area contributed by atoms with Crippen LogP contribution >= 0.6 is 0 Å². The molecule has 0 bridgehead atoms. The normalized spacial score (nSPS) is 22.6. The molecular weight excluding hydrogens is 288 g/mol. The fourth-order valence-corrected chi connectivity index (χ4v) is 2.17. The zero-order valence-corrected chi connectivity index (χ0v) is 12.1. The van der Waals surface area contributed by atoms with Crippen molar-refractivity contribution in [1.29, 1.82) is 0 Å². The minimum absolute atomic E-state index is 0.271. The molecule has 1 aliphatic rings. The van der Waals surface area contributed by atoms with Gasteiger partial charge in [-0.3, -0.25) is 8.98 Å². The number of rotatable bonds is 6.